The van der Waals surface area contributed by atoms with E-state index in [4.69, 9.17) is 0 Å². The van der Waals surface area contributed by atoms with Crippen LogP contribution >= 0.6 is 11.8 Å². The van der Waals surface area contributed by atoms with Crippen LogP contribution in [0.5, 0.6) is 0 Å². The number of amides is 3. The second-order valence-electron chi connectivity index (χ2n) is 10.3. The molecule has 3 amide bonds. The minimum Gasteiger partial charge on any atom is -0.352 e. The van der Waals surface area contributed by atoms with Gasteiger partial charge in [0, 0.05) is 30.4 Å². The number of carbonyl (C=O) groups excluding carboxylic acids is 2. The van der Waals surface area contributed by atoms with Gasteiger partial charge in [0.1, 0.15) is 0 Å². The van der Waals surface area contributed by atoms with E-state index in [1.807, 2.05) is 54.2 Å². The van der Waals surface area contributed by atoms with Gasteiger partial charge in [0.2, 0.25) is 0 Å². The Morgan fingerprint density at radius 2 is 1.48 bits per heavy atom. The third-order valence-electron chi connectivity index (χ3n) is 7.46. The van der Waals surface area contributed by atoms with Crippen LogP contribution in [-0.2, 0) is 0 Å². The normalized spacial score (nSPS) is 19.2. The number of hydrogen-bond acceptors (Lipinski definition) is 4. The minimum atomic E-state index is -0.195. The number of unbranched alkanes of at least 4 members (excludes halogenated alkanes) is 1. The van der Waals surface area contributed by atoms with E-state index in [-0.39, 0.29) is 30.1 Å². The molecule has 212 valence electrons. The molecule has 3 unspecified atom stereocenters. The van der Waals surface area contributed by atoms with Crippen molar-refractivity contribution in [2.75, 3.05) is 25.4 Å². The summed E-state index contributed by atoms with van der Waals surface area (Å²) >= 11 is 1.94. The summed E-state index contributed by atoms with van der Waals surface area (Å²) in [6.45, 7) is 6.31. The molecule has 0 spiro atoms. The van der Waals surface area contributed by atoms with Gasteiger partial charge in [-0.25, -0.2) is 4.79 Å². The van der Waals surface area contributed by atoms with E-state index in [0.717, 1.165) is 31.6 Å². The highest BCUT2D eigenvalue weighted by Crippen LogP contribution is 2.38. The predicted octanol–water partition coefficient (Wildman–Crippen LogP) is 6.08. The molecule has 1 fully saturated rings. The summed E-state index contributed by atoms with van der Waals surface area (Å²) in [4.78, 5) is 28.4. The van der Waals surface area contributed by atoms with Crippen LogP contribution in [0.15, 0.2) is 91.0 Å². The molecule has 1 aliphatic heterocycles. The van der Waals surface area contributed by atoms with Gasteiger partial charge in [-0.3, -0.25) is 9.69 Å². The lowest BCUT2D eigenvalue weighted by Crippen LogP contribution is -2.60. The number of carbonyl (C=O) groups is 2. The lowest BCUT2D eigenvalue weighted by Gasteiger charge is -2.47. The van der Waals surface area contributed by atoms with Crippen LogP contribution in [-0.4, -0.2) is 53.6 Å². The van der Waals surface area contributed by atoms with Gasteiger partial charge in [-0.2, -0.15) is 11.8 Å². The Morgan fingerprint density at radius 3 is 2.05 bits per heavy atom. The molecule has 0 aromatic heterocycles. The molecular weight excluding hydrogens is 516 g/mol. The number of hydrogen-bond donors (Lipinski definition) is 3. The van der Waals surface area contributed by atoms with Crippen molar-refractivity contribution in [2.24, 2.45) is 5.92 Å². The number of benzene rings is 3. The summed E-state index contributed by atoms with van der Waals surface area (Å²) in [6.07, 6.45) is 2.52. The molecule has 40 heavy (non-hydrogen) atoms. The van der Waals surface area contributed by atoms with Gasteiger partial charge in [-0.15, -0.1) is 0 Å². The third kappa shape index (κ3) is 8.12. The Hall–Kier alpha value is -3.29. The number of thioether (sulfide) groups is 1. The topological polar surface area (TPSA) is 73.5 Å². The highest BCUT2D eigenvalue weighted by Gasteiger charge is 2.40. The largest absolute Gasteiger partial charge is 0.352 e. The summed E-state index contributed by atoms with van der Waals surface area (Å²) in [5, 5.41) is 9.84. The number of nitrogens with zero attached hydrogens (tertiary/aromatic N) is 1. The molecule has 1 heterocycles. The molecular formula is C33H42N4O2S. The maximum atomic E-state index is 13.1. The first-order chi connectivity index (χ1) is 19.6. The Bertz CT molecular complexity index is 1140. The van der Waals surface area contributed by atoms with E-state index >= 15 is 0 Å². The van der Waals surface area contributed by atoms with Crippen LogP contribution in [0.2, 0.25) is 0 Å². The van der Waals surface area contributed by atoms with Crippen LogP contribution in [0.25, 0.3) is 0 Å². The standard InChI is InChI=1S/C33H42N4O2S/c1-3-5-21-34-33(39)36-30-22-28(23-35-32(38)27-19-13-8-14-20-27)29(40-4-2)24-37(30)31(25-15-9-6-10-16-25)26-17-11-7-12-18-26/h6-20,28-31H,3-5,21-24H2,1-2H3,(H,35,38)(H2,34,36,39). The van der Waals surface area contributed by atoms with Gasteiger partial charge in [-0.1, -0.05) is 99.1 Å². The zero-order valence-electron chi connectivity index (χ0n) is 23.6. The fourth-order valence-electron chi connectivity index (χ4n) is 5.45. The van der Waals surface area contributed by atoms with Crippen molar-refractivity contribution in [3.63, 3.8) is 0 Å². The molecule has 3 N–H and O–H groups in total. The molecule has 6 nitrogen and oxygen atoms in total. The van der Waals surface area contributed by atoms with E-state index in [1.165, 1.54) is 11.1 Å². The molecule has 3 atom stereocenters. The summed E-state index contributed by atoms with van der Waals surface area (Å²) < 4.78 is 0. The van der Waals surface area contributed by atoms with Crippen molar-refractivity contribution in [3.05, 3.63) is 108 Å². The molecule has 0 aliphatic carbocycles. The van der Waals surface area contributed by atoms with Crippen molar-refractivity contribution in [1.29, 1.82) is 0 Å². The van der Waals surface area contributed by atoms with Gasteiger partial charge < -0.3 is 16.0 Å². The molecule has 7 heteroatoms. The lowest BCUT2D eigenvalue weighted by atomic mass is 9.88. The van der Waals surface area contributed by atoms with Crippen LogP contribution in [0.3, 0.4) is 0 Å². The molecule has 3 aromatic carbocycles. The highest BCUT2D eigenvalue weighted by molar-refractivity contribution is 7.99. The highest BCUT2D eigenvalue weighted by atomic mass is 32.2. The first kappa shape index (κ1) is 29.7. The molecule has 1 aliphatic rings. The fourth-order valence-corrected chi connectivity index (χ4v) is 6.63. The smallest absolute Gasteiger partial charge is 0.316 e. The van der Waals surface area contributed by atoms with Crippen LogP contribution in [0.4, 0.5) is 4.79 Å². The Morgan fingerprint density at radius 1 is 0.875 bits per heavy atom. The maximum Gasteiger partial charge on any atom is 0.316 e. The first-order valence-electron chi connectivity index (χ1n) is 14.5. The van der Waals surface area contributed by atoms with Gasteiger partial charge in [0.25, 0.3) is 5.91 Å². The Kier molecular flexibility index (Phi) is 11.5. The van der Waals surface area contributed by atoms with E-state index in [0.29, 0.717) is 23.9 Å². The van der Waals surface area contributed by atoms with Gasteiger partial charge in [0.15, 0.2) is 0 Å². The fraction of sp³-hybridized carbons (Fsp3) is 0.394. The number of piperidine rings is 1. The predicted molar refractivity (Wildman–Crippen MR) is 165 cm³/mol. The third-order valence-corrected chi connectivity index (χ3v) is 8.76. The quantitative estimate of drug-likeness (QED) is 0.236. The Balaban J connectivity index is 1.62. The number of rotatable bonds is 12. The summed E-state index contributed by atoms with van der Waals surface area (Å²) in [5.41, 5.74) is 3.06. The van der Waals surface area contributed by atoms with Crippen molar-refractivity contribution >= 4 is 23.7 Å². The molecule has 1 saturated heterocycles. The van der Waals surface area contributed by atoms with Crippen molar-refractivity contribution in [1.82, 2.24) is 20.9 Å². The molecule has 0 bridgehead atoms. The summed E-state index contributed by atoms with van der Waals surface area (Å²) in [5.74, 6) is 1.14. The zero-order valence-corrected chi connectivity index (χ0v) is 24.4. The minimum absolute atomic E-state index is 0.0110. The van der Waals surface area contributed by atoms with E-state index in [2.05, 4.69) is 83.2 Å². The average Bonchev–Trinajstić information content (AvgIpc) is 2.99. The lowest BCUT2D eigenvalue weighted by molar-refractivity contribution is 0.0685. The number of likely N-dealkylation sites (tertiary alicyclic amines) is 1. The average molecular weight is 559 g/mol. The molecule has 3 aromatic rings. The van der Waals surface area contributed by atoms with E-state index in [9.17, 15) is 9.59 Å². The summed E-state index contributed by atoms with van der Waals surface area (Å²) in [6, 6.07) is 30.3. The van der Waals surface area contributed by atoms with Gasteiger partial charge >= 0.3 is 6.03 Å². The van der Waals surface area contributed by atoms with Crippen molar-refractivity contribution < 1.29 is 9.59 Å². The van der Waals surface area contributed by atoms with Gasteiger partial charge in [-0.05, 0) is 47.8 Å². The molecule has 4 rings (SSSR count). The second kappa shape index (κ2) is 15.5. The molecule has 0 saturated carbocycles. The Labute approximate surface area is 243 Å². The monoisotopic (exact) mass is 558 g/mol. The van der Waals surface area contributed by atoms with Crippen LogP contribution in [0.1, 0.15) is 60.6 Å². The van der Waals surface area contributed by atoms with Crippen LogP contribution in [0, 0.1) is 5.92 Å². The molecule has 0 radical (unpaired) electrons. The summed E-state index contributed by atoms with van der Waals surface area (Å²) in [7, 11) is 0. The number of urea groups is 1. The van der Waals surface area contributed by atoms with Gasteiger partial charge in [0.05, 0.1) is 12.2 Å². The van der Waals surface area contributed by atoms with Crippen molar-refractivity contribution in [3.8, 4) is 0 Å². The first-order valence-corrected chi connectivity index (χ1v) is 15.5. The maximum absolute atomic E-state index is 13.1. The van der Waals surface area contributed by atoms with Crippen molar-refractivity contribution in [2.45, 2.75) is 50.6 Å². The zero-order chi connectivity index (χ0) is 28.2. The second-order valence-corrected chi connectivity index (χ2v) is 11.8. The van der Waals surface area contributed by atoms with E-state index in [1.54, 1.807) is 0 Å². The number of nitrogens with one attached hydrogen (secondary N) is 3. The SMILES string of the molecule is CCCCNC(=O)NC1CC(CNC(=O)c2ccccc2)C(SCC)CN1C(c1ccccc1)c1ccccc1. The van der Waals surface area contributed by atoms with Crippen LogP contribution < -0.4 is 16.0 Å². The van der Waals surface area contributed by atoms with E-state index < -0.39 is 0 Å².